The zero-order valence-electron chi connectivity index (χ0n) is 16.0. The maximum absolute atomic E-state index is 12.7. The number of hydrogen-bond acceptors (Lipinski definition) is 3. The van der Waals surface area contributed by atoms with Gasteiger partial charge in [-0.2, -0.15) is 0 Å². The molecular formula is C22H26N2O3. The van der Waals surface area contributed by atoms with Gasteiger partial charge in [0, 0.05) is 37.3 Å². The number of rotatable bonds is 5. The number of benzene rings is 2. The molecule has 2 amide bonds. The molecule has 1 aliphatic heterocycles. The zero-order valence-corrected chi connectivity index (χ0v) is 16.0. The van der Waals surface area contributed by atoms with Crippen molar-refractivity contribution in [3.8, 4) is 5.75 Å². The summed E-state index contributed by atoms with van der Waals surface area (Å²) in [6.45, 7) is 4.34. The van der Waals surface area contributed by atoms with Gasteiger partial charge in [0.2, 0.25) is 0 Å². The lowest BCUT2D eigenvalue weighted by Crippen LogP contribution is -2.50. The summed E-state index contributed by atoms with van der Waals surface area (Å²) in [7, 11) is 1.60. The minimum Gasteiger partial charge on any atom is -0.497 e. The van der Waals surface area contributed by atoms with Crippen LogP contribution in [-0.2, 0) is 6.42 Å². The van der Waals surface area contributed by atoms with E-state index in [2.05, 4.69) is 6.92 Å². The Labute approximate surface area is 160 Å². The van der Waals surface area contributed by atoms with Crippen LogP contribution in [0.15, 0.2) is 48.5 Å². The zero-order chi connectivity index (χ0) is 19.2. The smallest absolute Gasteiger partial charge is 0.253 e. The van der Waals surface area contributed by atoms with Crippen LogP contribution in [0, 0.1) is 0 Å². The normalized spacial score (nSPS) is 14.1. The van der Waals surface area contributed by atoms with E-state index in [1.807, 2.05) is 29.2 Å². The first kappa shape index (κ1) is 19.0. The molecule has 5 nitrogen and oxygen atoms in total. The lowest BCUT2D eigenvalue weighted by atomic mass is 10.1. The number of carbonyl (C=O) groups is 2. The first-order valence-electron chi connectivity index (χ1n) is 9.44. The molecule has 2 aromatic rings. The fourth-order valence-corrected chi connectivity index (χ4v) is 3.31. The summed E-state index contributed by atoms with van der Waals surface area (Å²) in [5, 5.41) is 0. The topological polar surface area (TPSA) is 49.9 Å². The number of hydrogen-bond donors (Lipinski definition) is 0. The lowest BCUT2D eigenvalue weighted by molar-refractivity contribution is 0.0535. The summed E-state index contributed by atoms with van der Waals surface area (Å²) in [4.78, 5) is 28.9. The molecule has 5 heteroatoms. The highest BCUT2D eigenvalue weighted by atomic mass is 16.5. The SMILES string of the molecule is CCCc1ccc(C(=O)N2CCN(C(=O)c3ccc(OC)cc3)CC2)cc1. The molecule has 0 aliphatic carbocycles. The van der Waals surface area contributed by atoms with Gasteiger partial charge in [0.05, 0.1) is 7.11 Å². The highest BCUT2D eigenvalue weighted by molar-refractivity contribution is 5.96. The van der Waals surface area contributed by atoms with Crippen molar-refractivity contribution in [1.29, 1.82) is 0 Å². The number of nitrogens with zero attached hydrogens (tertiary/aromatic N) is 2. The van der Waals surface area contributed by atoms with Crippen molar-refractivity contribution in [3.63, 3.8) is 0 Å². The van der Waals surface area contributed by atoms with Gasteiger partial charge >= 0.3 is 0 Å². The monoisotopic (exact) mass is 366 g/mol. The number of methoxy groups -OCH3 is 1. The molecule has 1 aliphatic rings. The van der Waals surface area contributed by atoms with Crippen molar-refractivity contribution in [2.45, 2.75) is 19.8 Å². The molecule has 0 bridgehead atoms. The van der Waals surface area contributed by atoms with Gasteiger partial charge in [0.25, 0.3) is 11.8 Å². The third-order valence-corrected chi connectivity index (χ3v) is 4.93. The first-order valence-corrected chi connectivity index (χ1v) is 9.44. The third-order valence-electron chi connectivity index (χ3n) is 4.93. The van der Waals surface area contributed by atoms with Crippen molar-refractivity contribution >= 4 is 11.8 Å². The number of carbonyl (C=O) groups excluding carboxylic acids is 2. The van der Waals surface area contributed by atoms with Gasteiger partial charge in [-0.15, -0.1) is 0 Å². The van der Waals surface area contributed by atoms with Gasteiger partial charge in [-0.25, -0.2) is 0 Å². The molecular weight excluding hydrogens is 340 g/mol. The van der Waals surface area contributed by atoms with E-state index in [4.69, 9.17) is 4.74 Å². The van der Waals surface area contributed by atoms with Gasteiger partial charge in [-0.1, -0.05) is 25.5 Å². The van der Waals surface area contributed by atoms with Gasteiger partial charge in [0.15, 0.2) is 0 Å². The Morgan fingerprint density at radius 2 is 1.26 bits per heavy atom. The van der Waals surface area contributed by atoms with Crippen LogP contribution in [0.5, 0.6) is 5.75 Å². The fraction of sp³-hybridized carbons (Fsp3) is 0.364. The van der Waals surface area contributed by atoms with Crippen LogP contribution >= 0.6 is 0 Å². The summed E-state index contributed by atoms with van der Waals surface area (Å²) >= 11 is 0. The van der Waals surface area contributed by atoms with E-state index in [0.29, 0.717) is 37.3 Å². The predicted molar refractivity (Wildman–Crippen MR) is 105 cm³/mol. The van der Waals surface area contributed by atoms with Crippen LogP contribution in [0.4, 0.5) is 0 Å². The van der Waals surface area contributed by atoms with Gasteiger partial charge < -0.3 is 14.5 Å². The largest absolute Gasteiger partial charge is 0.497 e. The van der Waals surface area contributed by atoms with E-state index in [1.165, 1.54) is 5.56 Å². The minimum absolute atomic E-state index is 0.00586. The summed E-state index contributed by atoms with van der Waals surface area (Å²) in [6, 6.07) is 15.0. The van der Waals surface area contributed by atoms with Crippen molar-refractivity contribution in [2.75, 3.05) is 33.3 Å². The Morgan fingerprint density at radius 1 is 0.815 bits per heavy atom. The number of amides is 2. The molecule has 2 aromatic carbocycles. The summed E-state index contributed by atoms with van der Waals surface area (Å²) < 4.78 is 5.13. The second-order valence-electron chi connectivity index (χ2n) is 6.76. The summed E-state index contributed by atoms with van der Waals surface area (Å²) in [5.41, 5.74) is 2.61. The molecule has 0 aromatic heterocycles. The van der Waals surface area contributed by atoms with Crippen molar-refractivity contribution in [3.05, 3.63) is 65.2 Å². The van der Waals surface area contributed by atoms with Gasteiger partial charge in [-0.3, -0.25) is 9.59 Å². The predicted octanol–water partition coefficient (Wildman–Crippen LogP) is 3.25. The van der Waals surface area contributed by atoms with E-state index >= 15 is 0 Å². The molecule has 0 spiro atoms. The van der Waals surface area contributed by atoms with E-state index in [-0.39, 0.29) is 11.8 Å². The van der Waals surface area contributed by atoms with Crippen LogP contribution in [0.25, 0.3) is 0 Å². The molecule has 1 saturated heterocycles. The Bertz CT molecular complexity index is 776. The molecule has 0 atom stereocenters. The molecule has 142 valence electrons. The van der Waals surface area contributed by atoms with E-state index in [1.54, 1.807) is 36.3 Å². The molecule has 1 fully saturated rings. The van der Waals surface area contributed by atoms with Crippen LogP contribution in [0.2, 0.25) is 0 Å². The highest BCUT2D eigenvalue weighted by Gasteiger charge is 2.25. The van der Waals surface area contributed by atoms with Crippen LogP contribution in [0.3, 0.4) is 0 Å². The lowest BCUT2D eigenvalue weighted by Gasteiger charge is -2.35. The van der Waals surface area contributed by atoms with Gasteiger partial charge in [0.1, 0.15) is 5.75 Å². The number of aryl methyl sites for hydroxylation is 1. The Balaban J connectivity index is 1.57. The molecule has 3 rings (SSSR count). The van der Waals surface area contributed by atoms with Crippen molar-refractivity contribution in [2.24, 2.45) is 0 Å². The number of piperazine rings is 1. The summed E-state index contributed by atoms with van der Waals surface area (Å²) in [6.07, 6.45) is 2.12. The Hall–Kier alpha value is -2.82. The van der Waals surface area contributed by atoms with Crippen LogP contribution < -0.4 is 4.74 Å². The quantitative estimate of drug-likeness (QED) is 0.816. The van der Waals surface area contributed by atoms with E-state index in [0.717, 1.165) is 18.6 Å². The number of ether oxygens (including phenoxy) is 1. The van der Waals surface area contributed by atoms with Crippen molar-refractivity contribution < 1.29 is 14.3 Å². The first-order chi connectivity index (χ1) is 13.1. The molecule has 27 heavy (non-hydrogen) atoms. The molecule has 0 unspecified atom stereocenters. The Kier molecular flexibility index (Phi) is 6.12. The fourth-order valence-electron chi connectivity index (χ4n) is 3.31. The average molecular weight is 366 g/mol. The van der Waals surface area contributed by atoms with E-state index < -0.39 is 0 Å². The Morgan fingerprint density at radius 3 is 1.67 bits per heavy atom. The average Bonchev–Trinajstić information content (AvgIpc) is 2.74. The summed E-state index contributed by atoms with van der Waals surface area (Å²) in [5.74, 6) is 0.759. The molecule has 0 radical (unpaired) electrons. The highest BCUT2D eigenvalue weighted by Crippen LogP contribution is 2.16. The van der Waals surface area contributed by atoms with E-state index in [9.17, 15) is 9.59 Å². The second kappa shape index (κ2) is 8.71. The van der Waals surface area contributed by atoms with Crippen LogP contribution in [-0.4, -0.2) is 54.9 Å². The minimum atomic E-state index is -0.00586. The van der Waals surface area contributed by atoms with Gasteiger partial charge in [-0.05, 0) is 48.4 Å². The van der Waals surface area contributed by atoms with Crippen molar-refractivity contribution in [1.82, 2.24) is 9.80 Å². The molecule has 1 heterocycles. The molecule has 0 N–H and O–H groups in total. The second-order valence-corrected chi connectivity index (χ2v) is 6.76. The maximum atomic E-state index is 12.7. The van der Waals surface area contributed by atoms with Crippen LogP contribution in [0.1, 0.15) is 39.6 Å². The third kappa shape index (κ3) is 4.48. The maximum Gasteiger partial charge on any atom is 0.253 e. The molecule has 0 saturated carbocycles. The standard InChI is InChI=1S/C22H26N2O3/c1-3-4-17-5-7-18(8-6-17)21(25)23-13-15-24(16-14-23)22(26)19-9-11-20(27-2)12-10-19/h5-12H,3-4,13-16H2,1-2H3.